The molecule has 0 aliphatic rings. The molecule has 0 saturated heterocycles. The first-order chi connectivity index (χ1) is 8.68. The van der Waals surface area contributed by atoms with Crippen LogP contribution in [0.1, 0.15) is 54.4 Å². The number of aryl methyl sites for hydroxylation is 1. The summed E-state index contributed by atoms with van der Waals surface area (Å²) in [7, 11) is 0. The van der Waals surface area contributed by atoms with Crippen molar-refractivity contribution in [1.82, 2.24) is 9.97 Å². The van der Waals surface area contributed by atoms with Crippen molar-refractivity contribution in [2.45, 2.75) is 58.8 Å². The normalized spacial score (nSPS) is 12.9. The van der Waals surface area contributed by atoms with E-state index in [9.17, 15) is 0 Å². The highest BCUT2D eigenvalue weighted by molar-refractivity contribution is 7.12. The van der Waals surface area contributed by atoms with E-state index < -0.39 is 0 Å². The lowest BCUT2D eigenvalue weighted by Crippen LogP contribution is -2.19. The van der Waals surface area contributed by atoms with Crippen LogP contribution in [0.25, 0.3) is 0 Å². The SMILES string of the molecule is Cc1cnc(C(C)(C)Cc2cnc(C(C)(C)C)s2)s1. The van der Waals surface area contributed by atoms with Gasteiger partial charge in [-0.1, -0.05) is 34.6 Å². The Morgan fingerprint density at radius 1 is 0.947 bits per heavy atom. The molecule has 104 valence electrons. The van der Waals surface area contributed by atoms with Crippen LogP contribution in [0, 0.1) is 6.92 Å². The molecule has 0 spiro atoms. The van der Waals surface area contributed by atoms with Crippen LogP contribution in [0.4, 0.5) is 0 Å². The number of hydrogen-bond acceptors (Lipinski definition) is 4. The van der Waals surface area contributed by atoms with Gasteiger partial charge in [-0.3, -0.25) is 0 Å². The Hall–Kier alpha value is -0.740. The van der Waals surface area contributed by atoms with Gasteiger partial charge < -0.3 is 0 Å². The number of thiazole rings is 2. The molecule has 0 atom stereocenters. The van der Waals surface area contributed by atoms with Crippen LogP contribution in [0.15, 0.2) is 12.4 Å². The lowest BCUT2D eigenvalue weighted by molar-refractivity contribution is 0.523. The van der Waals surface area contributed by atoms with Crippen molar-refractivity contribution < 1.29 is 0 Å². The molecule has 0 N–H and O–H groups in total. The molecular formula is C15H22N2S2. The first-order valence-corrected chi connectivity index (χ1v) is 8.20. The average molecular weight is 294 g/mol. The molecule has 0 aliphatic carbocycles. The van der Waals surface area contributed by atoms with E-state index in [2.05, 4.69) is 51.5 Å². The Morgan fingerprint density at radius 3 is 2.05 bits per heavy atom. The van der Waals surface area contributed by atoms with Gasteiger partial charge in [0, 0.05) is 33.0 Å². The molecule has 4 heteroatoms. The Bertz CT molecular complexity index is 559. The van der Waals surface area contributed by atoms with E-state index in [1.165, 1.54) is 19.8 Å². The molecule has 2 aromatic rings. The fourth-order valence-electron chi connectivity index (χ4n) is 1.91. The molecule has 0 bridgehead atoms. The monoisotopic (exact) mass is 294 g/mol. The second-order valence-electron chi connectivity index (χ2n) is 6.72. The second-order valence-corrected chi connectivity index (χ2v) is 9.07. The summed E-state index contributed by atoms with van der Waals surface area (Å²) in [5, 5.41) is 2.43. The summed E-state index contributed by atoms with van der Waals surface area (Å²) in [6.07, 6.45) is 5.01. The van der Waals surface area contributed by atoms with Crippen LogP contribution in [0.3, 0.4) is 0 Å². The Balaban J connectivity index is 2.18. The highest BCUT2D eigenvalue weighted by Crippen LogP contribution is 2.34. The molecule has 0 aliphatic heterocycles. The summed E-state index contributed by atoms with van der Waals surface area (Å²) in [6, 6.07) is 0. The van der Waals surface area contributed by atoms with E-state index in [0.717, 1.165) is 6.42 Å². The topological polar surface area (TPSA) is 25.8 Å². The maximum Gasteiger partial charge on any atom is 0.0987 e. The molecule has 19 heavy (non-hydrogen) atoms. The van der Waals surface area contributed by atoms with Crippen molar-refractivity contribution in [3.63, 3.8) is 0 Å². The van der Waals surface area contributed by atoms with E-state index in [1.54, 1.807) is 11.3 Å². The molecule has 0 fully saturated rings. The summed E-state index contributed by atoms with van der Waals surface area (Å²) in [5.74, 6) is 0. The number of nitrogens with zero attached hydrogens (tertiary/aromatic N) is 2. The molecule has 0 radical (unpaired) electrons. The summed E-state index contributed by atoms with van der Waals surface area (Å²) >= 11 is 3.63. The first-order valence-electron chi connectivity index (χ1n) is 6.56. The maximum atomic E-state index is 4.57. The van der Waals surface area contributed by atoms with Gasteiger partial charge in [-0.15, -0.1) is 22.7 Å². The van der Waals surface area contributed by atoms with E-state index in [1.807, 2.05) is 23.7 Å². The second kappa shape index (κ2) is 4.98. The molecule has 2 nitrogen and oxygen atoms in total. The Kier molecular flexibility index (Phi) is 3.85. The zero-order chi connectivity index (χ0) is 14.3. The molecule has 0 saturated carbocycles. The van der Waals surface area contributed by atoms with Crippen molar-refractivity contribution in [2.75, 3.05) is 0 Å². The molecule has 2 rings (SSSR count). The zero-order valence-corrected chi connectivity index (χ0v) is 14.2. The summed E-state index contributed by atoms with van der Waals surface area (Å²) in [6.45, 7) is 13.3. The van der Waals surface area contributed by atoms with Crippen LogP contribution < -0.4 is 0 Å². The first kappa shape index (κ1) is 14.7. The lowest BCUT2D eigenvalue weighted by Gasteiger charge is -2.20. The minimum absolute atomic E-state index is 0.0839. The Labute approximate surface area is 123 Å². The highest BCUT2D eigenvalue weighted by Gasteiger charge is 2.26. The van der Waals surface area contributed by atoms with Gasteiger partial charge in [0.1, 0.15) is 0 Å². The van der Waals surface area contributed by atoms with Gasteiger partial charge >= 0.3 is 0 Å². The van der Waals surface area contributed by atoms with Gasteiger partial charge in [-0.2, -0.15) is 0 Å². The average Bonchev–Trinajstić information content (AvgIpc) is 2.85. The van der Waals surface area contributed by atoms with Gasteiger partial charge in [0.05, 0.1) is 10.0 Å². The molecule has 2 aromatic heterocycles. The summed E-state index contributed by atoms with van der Waals surface area (Å²) in [4.78, 5) is 11.7. The molecule has 0 unspecified atom stereocenters. The molecule has 0 aromatic carbocycles. The van der Waals surface area contributed by atoms with E-state index >= 15 is 0 Å². The highest BCUT2D eigenvalue weighted by atomic mass is 32.1. The van der Waals surface area contributed by atoms with Crippen molar-refractivity contribution in [2.24, 2.45) is 0 Å². The Morgan fingerprint density at radius 2 is 1.58 bits per heavy atom. The van der Waals surface area contributed by atoms with Gasteiger partial charge in [0.2, 0.25) is 0 Å². The predicted molar refractivity (Wildman–Crippen MR) is 84.4 cm³/mol. The molecule has 0 amide bonds. The number of hydrogen-bond donors (Lipinski definition) is 0. The third-order valence-corrected chi connectivity index (χ3v) is 5.71. The largest absolute Gasteiger partial charge is 0.249 e. The minimum Gasteiger partial charge on any atom is -0.249 e. The van der Waals surface area contributed by atoms with Crippen molar-refractivity contribution >= 4 is 22.7 Å². The number of rotatable bonds is 3. The van der Waals surface area contributed by atoms with Crippen LogP contribution in [0.5, 0.6) is 0 Å². The molecule has 2 heterocycles. The molecular weight excluding hydrogens is 272 g/mol. The van der Waals surface area contributed by atoms with E-state index in [4.69, 9.17) is 0 Å². The van der Waals surface area contributed by atoms with E-state index in [0.29, 0.717) is 0 Å². The van der Waals surface area contributed by atoms with E-state index in [-0.39, 0.29) is 10.8 Å². The fourth-order valence-corrected chi connectivity index (χ4v) is 3.98. The van der Waals surface area contributed by atoms with Crippen LogP contribution in [-0.2, 0) is 17.3 Å². The third-order valence-electron chi connectivity index (χ3n) is 3.01. The van der Waals surface area contributed by atoms with Crippen molar-refractivity contribution in [3.05, 3.63) is 32.2 Å². The van der Waals surface area contributed by atoms with Gasteiger partial charge in [-0.05, 0) is 13.3 Å². The summed E-state index contributed by atoms with van der Waals surface area (Å²) < 4.78 is 0. The van der Waals surface area contributed by atoms with Gasteiger partial charge in [0.25, 0.3) is 0 Å². The third kappa shape index (κ3) is 3.42. The van der Waals surface area contributed by atoms with Crippen molar-refractivity contribution in [1.29, 1.82) is 0 Å². The van der Waals surface area contributed by atoms with Gasteiger partial charge in [0.15, 0.2) is 0 Å². The lowest BCUT2D eigenvalue weighted by atomic mass is 9.90. The quantitative estimate of drug-likeness (QED) is 0.818. The van der Waals surface area contributed by atoms with Crippen LogP contribution in [0.2, 0.25) is 0 Å². The minimum atomic E-state index is 0.0839. The predicted octanol–water partition coefficient (Wildman–Crippen LogP) is 4.73. The summed E-state index contributed by atoms with van der Waals surface area (Å²) in [5.41, 5.74) is 0.228. The maximum absolute atomic E-state index is 4.57. The fraction of sp³-hybridized carbons (Fsp3) is 0.600. The zero-order valence-electron chi connectivity index (χ0n) is 12.6. The smallest absolute Gasteiger partial charge is 0.0987 e. The standard InChI is InChI=1S/C15H22N2S2/c1-10-8-16-13(18-10)15(5,6)7-11-9-17-12(19-11)14(2,3)4/h8-9H,7H2,1-6H3. The van der Waals surface area contributed by atoms with Crippen LogP contribution in [-0.4, -0.2) is 9.97 Å². The van der Waals surface area contributed by atoms with Crippen LogP contribution >= 0.6 is 22.7 Å². The van der Waals surface area contributed by atoms with Crippen molar-refractivity contribution in [3.8, 4) is 0 Å². The van der Waals surface area contributed by atoms with Gasteiger partial charge in [-0.25, -0.2) is 9.97 Å². The number of aromatic nitrogens is 2.